The molecule has 0 amide bonds. The van der Waals surface area contributed by atoms with Gasteiger partial charge in [0.05, 0.1) is 0 Å². The summed E-state index contributed by atoms with van der Waals surface area (Å²) in [4.78, 5) is 3.43. The molecular weight excluding hydrogens is 199 g/mol. The maximum absolute atomic E-state index is 3.43. The summed E-state index contributed by atoms with van der Waals surface area (Å²) in [5.41, 5.74) is 0. The van der Waals surface area contributed by atoms with Crippen LogP contribution in [-0.2, 0) is 0 Å². The summed E-state index contributed by atoms with van der Waals surface area (Å²) in [6.45, 7) is 0. The van der Waals surface area contributed by atoms with Crippen LogP contribution in [0.25, 0.3) is 0 Å². The minimum absolute atomic E-state index is 0. The van der Waals surface area contributed by atoms with Crippen LogP contribution >= 0.6 is 0 Å². The Morgan fingerprint density at radius 1 is 1.67 bits per heavy atom. The Kier molecular flexibility index (Phi) is 5.22. The third-order valence-electron chi connectivity index (χ3n) is 0.295. The minimum atomic E-state index is 0. The standard InChI is InChI=1S/C2H2N3.Cs/c1-3-2-5-4-1;/h1H,(H,3,4,5);/q-1;+1. The molecule has 0 aliphatic heterocycles. The molecule has 3 nitrogen and oxygen atoms in total. The van der Waals surface area contributed by atoms with E-state index in [1.54, 1.807) is 0 Å². The van der Waals surface area contributed by atoms with Gasteiger partial charge in [-0.2, -0.15) is 0 Å². The number of nitrogens with one attached hydrogen (secondary N) is 1. The number of rotatable bonds is 0. The number of H-pyrrole nitrogens is 1. The summed E-state index contributed by atoms with van der Waals surface area (Å²) in [6, 6.07) is 0. The summed E-state index contributed by atoms with van der Waals surface area (Å²) < 4.78 is 0. The van der Waals surface area contributed by atoms with Gasteiger partial charge in [-0.15, -0.1) is 0 Å². The Labute approximate surface area is 94.4 Å². The molecule has 0 aromatic carbocycles. The zero-order valence-corrected chi connectivity index (χ0v) is 9.75. The third kappa shape index (κ3) is 2.38. The summed E-state index contributed by atoms with van der Waals surface area (Å²) in [7, 11) is 0. The molecular formula is C2H2CsN3. The van der Waals surface area contributed by atoms with Crippen LogP contribution in [0.2, 0.25) is 0 Å². The van der Waals surface area contributed by atoms with Gasteiger partial charge >= 0.3 is 68.9 Å². The van der Waals surface area contributed by atoms with Crippen LogP contribution in [0, 0.1) is 6.33 Å². The molecule has 26 valence electrons. The first-order valence-corrected chi connectivity index (χ1v) is 1.22. The van der Waals surface area contributed by atoms with Crippen molar-refractivity contribution in [2.24, 2.45) is 0 Å². The average Bonchev–Trinajstić information content (AvgIpc) is 1.76. The van der Waals surface area contributed by atoms with Crippen LogP contribution in [0.15, 0.2) is 6.33 Å². The monoisotopic (exact) mass is 201 g/mol. The van der Waals surface area contributed by atoms with Gasteiger partial charge in [-0.25, -0.2) is 0 Å². The first-order valence-electron chi connectivity index (χ1n) is 1.22. The van der Waals surface area contributed by atoms with Gasteiger partial charge in [0.1, 0.15) is 0 Å². The van der Waals surface area contributed by atoms with Gasteiger partial charge in [-0.3, -0.25) is 5.10 Å². The molecule has 0 saturated carbocycles. The minimum Gasteiger partial charge on any atom is -0.421 e. The molecule has 1 N–H and O–H groups in total. The van der Waals surface area contributed by atoms with Crippen LogP contribution in [0.4, 0.5) is 0 Å². The SMILES string of the molecule is [Cs+].[c-]1nc[nH]n1. The van der Waals surface area contributed by atoms with Crippen molar-refractivity contribution in [3.05, 3.63) is 12.7 Å². The van der Waals surface area contributed by atoms with Crippen molar-refractivity contribution in [2.75, 3.05) is 0 Å². The smallest absolute Gasteiger partial charge is 0.421 e. The number of nitrogens with zero attached hydrogens (tertiary/aromatic N) is 2. The zero-order chi connectivity index (χ0) is 3.54. The van der Waals surface area contributed by atoms with Crippen molar-refractivity contribution in [2.45, 2.75) is 0 Å². The molecule has 6 heavy (non-hydrogen) atoms. The predicted octanol–water partition coefficient (Wildman–Crippen LogP) is -3.39. The van der Waals surface area contributed by atoms with E-state index in [0.29, 0.717) is 0 Å². The summed E-state index contributed by atoms with van der Waals surface area (Å²) in [5, 5.41) is 5.81. The maximum atomic E-state index is 3.43. The second-order valence-corrected chi connectivity index (χ2v) is 0.599. The van der Waals surface area contributed by atoms with E-state index in [-0.39, 0.29) is 68.9 Å². The third-order valence-corrected chi connectivity index (χ3v) is 0.295. The molecule has 1 rings (SSSR count). The second kappa shape index (κ2) is 4.35. The van der Waals surface area contributed by atoms with Crippen LogP contribution in [0.5, 0.6) is 0 Å². The van der Waals surface area contributed by atoms with Gasteiger partial charge in [0.2, 0.25) is 0 Å². The molecule has 1 aromatic heterocycles. The van der Waals surface area contributed by atoms with Gasteiger partial charge in [-0.05, 0) is 12.7 Å². The Morgan fingerprint density at radius 2 is 2.50 bits per heavy atom. The number of hydrogen-bond donors (Lipinski definition) is 1. The molecule has 0 aliphatic carbocycles. The van der Waals surface area contributed by atoms with Gasteiger partial charge in [0, 0.05) is 0 Å². The molecule has 1 heterocycles. The fraction of sp³-hybridized carbons (Fsp3) is 0. The van der Waals surface area contributed by atoms with E-state index < -0.39 is 0 Å². The normalized spacial score (nSPS) is 6.67. The maximum Gasteiger partial charge on any atom is 1.00 e. The molecule has 0 unspecified atom stereocenters. The van der Waals surface area contributed by atoms with Crippen molar-refractivity contribution >= 4 is 0 Å². The molecule has 0 spiro atoms. The van der Waals surface area contributed by atoms with E-state index in [0.717, 1.165) is 0 Å². The molecule has 0 bridgehead atoms. The molecule has 0 saturated heterocycles. The summed E-state index contributed by atoms with van der Waals surface area (Å²) >= 11 is 0. The predicted molar refractivity (Wildman–Crippen MR) is 15.2 cm³/mol. The van der Waals surface area contributed by atoms with E-state index in [2.05, 4.69) is 21.5 Å². The Bertz CT molecular complexity index is 65.3. The van der Waals surface area contributed by atoms with Crippen LogP contribution in [-0.4, -0.2) is 15.2 Å². The van der Waals surface area contributed by atoms with Crippen LogP contribution < -0.4 is 68.9 Å². The average molecular weight is 201 g/mol. The molecule has 4 heteroatoms. The molecule has 0 aliphatic rings. The summed E-state index contributed by atoms with van der Waals surface area (Å²) in [5.74, 6) is 0. The van der Waals surface area contributed by atoms with E-state index in [4.69, 9.17) is 0 Å². The fourth-order valence-electron chi connectivity index (χ4n) is 0.144. The first kappa shape index (κ1) is 7.19. The zero-order valence-electron chi connectivity index (χ0n) is 3.47. The largest absolute Gasteiger partial charge is 1.00 e. The van der Waals surface area contributed by atoms with E-state index >= 15 is 0 Å². The molecule has 1 aromatic rings. The Hall–Kier alpha value is 1.19. The van der Waals surface area contributed by atoms with Crippen molar-refractivity contribution in [3.63, 3.8) is 0 Å². The number of aromatic nitrogens is 3. The van der Waals surface area contributed by atoms with E-state index in [9.17, 15) is 0 Å². The van der Waals surface area contributed by atoms with Crippen molar-refractivity contribution < 1.29 is 68.9 Å². The van der Waals surface area contributed by atoms with Crippen molar-refractivity contribution in [3.8, 4) is 0 Å². The van der Waals surface area contributed by atoms with Gasteiger partial charge in [0.15, 0.2) is 0 Å². The quantitative estimate of drug-likeness (QED) is 0.445. The number of hydrogen-bond acceptors (Lipinski definition) is 2. The fourth-order valence-corrected chi connectivity index (χ4v) is 0.144. The molecule has 0 fully saturated rings. The van der Waals surface area contributed by atoms with Crippen molar-refractivity contribution in [1.82, 2.24) is 15.2 Å². The van der Waals surface area contributed by atoms with Crippen LogP contribution in [0.3, 0.4) is 0 Å². The van der Waals surface area contributed by atoms with Gasteiger partial charge in [0.25, 0.3) is 0 Å². The molecule has 0 radical (unpaired) electrons. The van der Waals surface area contributed by atoms with E-state index in [1.807, 2.05) is 0 Å². The van der Waals surface area contributed by atoms with E-state index in [1.165, 1.54) is 6.33 Å². The van der Waals surface area contributed by atoms with Crippen molar-refractivity contribution in [1.29, 1.82) is 0 Å². The Morgan fingerprint density at radius 3 is 2.67 bits per heavy atom. The van der Waals surface area contributed by atoms with Gasteiger partial charge < -0.3 is 10.1 Å². The topological polar surface area (TPSA) is 41.6 Å². The molecule has 0 atom stereocenters. The number of aromatic amines is 1. The van der Waals surface area contributed by atoms with Crippen LogP contribution in [0.1, 0.15) is 0 Å². The first-order chi connectivity index (χ1) is 2.50. The summed E-state index contributed by atoms with van der Waals surface area (Å²) in [6.07, 6.45) is 3.76. The Balaban J connectivity index is 0.000000250. The second-order valence-electron chi connectivity index (χ2n) is 0.599. The van der Waals surface area contributed by atoms with Gasteiger partial charge in [-0.1, -0.05) is 0 Å².